The quantitative estimate of drug-likeness (QED) is 0.712. The Balaban J connectivity index is 1.95. The first-order valence-corrected chi connectivity index (χ1v) is 9.60. The Kier molecular flexibility index (Phi) is 6.96. The predicted molar refractivity (Wildman–Crippen MR) is 101 cm³/mol. The van der Waals surface area contributed by atoms with E-state index in [1.807, 2.05) is 32.8 Å². The number of piperazine rings is 1. The van der Waals surface area contributed by atoms with Crippen molar-refractivity contribution in [3.8, 4) is 0 Å². The van der Waals surface area contributed by atoms with Crippen molar-refractivity contribution in [1.29, 1.82) is 0 Å². The van der Waals surface area contributed by atoms with Crippen molar-refractivity contribution in [2.45, 2.75) is 32.9 Å². The van der Waals surface area contributed by atoms with E-state index < -0.39 is 11.7 Å². The number of hydrazine groups is 1. The summed E-state index contributed by atoms with van der Waals surface area (Å²) < 4.78 is 7.53. The second kappa shape index (κ2) is 8.79. The van der Waals surface area contributed by atoms with Crippen molar-refractivity contribution >= 4 is 23.7 Å². The average molecular weight is 384 g/mol. The molecule has 0 radical (unpaired) electrons. The van der Waals surface area contributed by atoms with Gasteiger partial charge in [0, 0.05) is 57.9 Å². The maximum atomic E-state index is 12.4. The molecule has 1 fully saturated rings. The Labute approximate surface area is 158 Å². The van der Waals surface area contributed by atoms with E-state index in [0.29, 0.717) is 13.1 Å². The average Bonchev–Trinajstić information content (AvgIpc) is 2.92. The van der Waals surface area contributed by atoms with E-state index >= 15 is 0 Å². The maximum Gasteiger partial charge on any atom is 0.425 e. The first-order valence-electron chi connectivity index (χ1n) is 8.72. The minimum atomic E-state index is -0.588. The molecule has 0 N–H and O–H groups in total. The van der Waals surface area contributed by atoms with Gasteiger partial charge in [-0.3, -0.25) is 9.89 Å². The van der Waals surface area contributed by atoms with Gasteiger partial charge in [-0.15, -0.1) is 11.3 Å². The first kappa shape index (κ1) is 20.6. The number of amides is 1. The number of ether oxygens (including phenoxy) is 1. The molecule has 2 rings (SSSR count). The van der Waals surface area contributed by atoms with Crippen LogP contribution in [0.2, 0.25) is 0 Å². The van der Waals surface area contributed by atoms with Crippen LogP contribution in [0, 0.1) is 0 Å². The molecular weight excluding hydrogens is 354 g/mol. The van der Waals surface area contributed by atoms with Gasteiger partial charge in [0.05, 0.1) is 6.54 Å². The van der Waals surface area contributed by atoms with Crippen LogP contribution in [0.25, 0.3) is 0 Å². The first-order chi connectivity index (χ1) is 12.2. The van der Waals surface area contributed by atoms with Crippen LogP contribution in [0.15, 0.2) is 10.4 Å². The molecule has 0 saturated carbocycles. The summed E-state index contributed by atoms with van der Waals surface area (Å²) in [7, 11) is 3.82. The lowest BCUT2D eigenvalue weighted by molar-refractivity contribution is -0.116. The van der Waals surface area contributed by atoms with Crippen LogP contribution in [0.4, 0.5) is 4.79 Å². The Morgan fingerprint density at radius 3 is 2.50 bits per heavy atom. The number of rotatable bonds is 5. The number of nitrogens with zero attached hydrogens (tertiary/aromatic N) is 5. The lowest BCUT2D eigenvalue weighted by atomic mass is 10.2. The summed E-state index contributed by atoms with van der Waals surface area (Å²) in [6.45, 7) is 9.28. The Hall–Kier alpha value is -1.71. The smallest absolute Gasteiger partial charge is 0.425 e. The Bertz CT molecular complexity index is 683. The molecule has 0 aromatic carbocycles. The van der Waals surface area contributed by atoms with Crippen molar-refractivity contribution in [3.63, 3.8) is 0 Å². The second-order valence-electron chi connectivity index (χ2n) is 7.25. The summed E-state index contributed by atoms with van der Waals surface area (Å²) in [5, 5.41) is 5.45. The van der Waals surface area contributed by atoms with E-state index in [2.05, 4.69) is 19.8 Å². The van der Waals surface area contributed by atoms with E-state index in [0.717, 1.165) is 30.7 Å². The third-order valence-electron chi connectivity index (χ3n) is 4.14. The summed E-state index contributed by atoms with van der Waals surface area (Å²) in [4.78, 5) is 31.0. The SMILES string of the molecule is CN=c1scc(CN2CCN(N(CC=O)C(=O)OC(C)(C)C)CC2)n1C. The lowest BCUT2D eigenvalue weighted by Crippen LogP contribution is -2.56. The van der Waals surface area contributed by atoms with Gasteiger partial charge in [0.25, 0.3) is 0 Å². The standard InChI is InChI=1S/C17H29N5O3S/c1-17(2,3)25-16(24)22(10-11-23)21-8-6-20(7-9-21)12-14-13-26-15(18-4)19(14)5/h11,13H,6-10,12H2,1-5H3. The number of thiazole rings is 1. The fourth-order valence-electron chi connectivity index (χ4n) is 2.80. The molecule has 0 bridgehead atoms. The fraction of sp³-hybridized carbons (Fsp3) is 0.706. The van der Waals surface area contributed by atoms with Crippen molar-refractivity contribution in [3.05, 3.63) is 15.9 Å². The largest absolute Gasteiger partial charge is 0.443 e. The van der Waals surface area contributed by atoms with Crippen molar-refractivity contribution in [2.24, 2.45) is 12.0 Å². The third kappa shape index (κ3) is 5.39. The molecule has 1 aliphatic heterocycles. The zero-order chi connectivity index (χ0) is 19.3. The van der Waals surface area contributed by atoms with Gasteiger partial charge in [-0.05, 0) is 20.8 Å². The van der Waals surface area contributed by atoms with Gasteiger partial charge in [0.2, 0.25) is 0 Å². The topological polar surface area (TPSA) is 70.4 Å². The Morgan fingerprint density at radius 2 is 2.00 bits per heavy atom. The summed E-state index contributed by atoms with van der Waals surface area (Å²) in [6, 6.07) is 0. The molecular formula is C17H29N5O3S. The number of aromatic nitrogens is 1. The Morgan fingerprint density at radius 1 is 1.35 bits per heavy atom. The van der Waals surface area contributed by atoms with Crippen LogP contribution >= 0.6 is 11.3 Å². The monoisotopic (exact) mass is 383 g/mol. The molecule has 0 spiro atoms. The van der Waals surface area contributed by atoms with Crippen LogP contribution in [-0.4, -0.2) is 77.2 Å². The molecule has 0 unspecified atom stereocenters. The number of hydrogen-bond donors (Lipinski definition) is 0. The van der Waals surface area contributed by atoms with E-state index in [4.69, 9.17) is 4.74 Å². The van der Waals surface area contributed by atoms with Gasteiger partial charge in [-0.2, -0.15) is 0 Å². The minimum Gasteiger partial charge on any atom is -0.443 e. The highest BCUT2D eigenvalue weighted by Crippen LogP contribution is 2.14. The van der Waals surface area contributed by atoms with Gasteiger partial charge in [0.1, 0.15) is 11.9 Å². The van der Waals surface area contributed by atoms with Gasteiger partial charge >= 0.3 is 6.09 Å². The lowest BCUT2D eigenvalue weighted by Gasteiger charge is -2.40. The van der Waals surface area contributed by atoms with Crippen LogP contribution in [0.1, 0.15) is 26.5 Å². The van der Waals surface area contributed by atoms with Crippen LogP contribution in [0.3, 0.4) is 0 Å². The molecule has 2 heterocycles. The summed E-state index contributed by atoms with van der Waals surface area (Å²) in [5.41, 5.74) is 0.636. The van der Waals surface area contributed by atoms with E-state index in [1.54, 1.807) is 18.4 Å². The number of aldehydes is 1. The molecule has 9 heteroatoms. The molecule has 1 saturated heterocycles. The molecule has 0 aliphatic carbocycles. The molecule has 1 aromatic heterocycles. The van der Waals surface area contributed by atoms with Gasteiger partial charge < -0.3 is 14.1 Å². The van der Waals surface area contributed by atoms with Crippen molar-refractivity contribution in [2.75, 3.05) is 39.8 Å². The maximum absolute atomic E-state index is 12.4. The molecule has 1 amide bonds. The van der Waals surface area contributed by atoms with E-state index in [1.165, 1.54) is 10.7 Å². The highest BCUT2D eigenvalue weighted by molar-refractivity contribution is 7.07. The third-order valence-corrected chi connectivity index (χ3v) is 5.19. The predicted octanol–water partition coefficient (Wildman–Crippen LogP) is 1.09. The normalized spacial score (nSPS) is 17.3. The van der Waals surface area contributed by atoms with Crippen molar-refractivity contribution < 1.29 is 14.3 Å². The highest BCUT2D eigenvalue weighted by Gasteiger charge is 2.29. The summed E-state index contributed by atoms with van der Waals surface area (Å²) in [6.07, 6.45) is 0.258. The minimum absolute atomic E-state index is 0.00969. The molecule has 0 atom stereocenters. The van der Waals surface area contributed by atoms with Gasteiger partial charge in [-0.25, -0.2) is 14.8 Å². The van der Waals surface area contributed by atoms with Gasteiger partial charge in [0.15, 0.2) is 4.80 Å². The van der Waals surface area contributed by atoms with Gasteiger partial charge in [-0.1, -0.05) is 0 Å². The summed E-state index contributed by atoms with van der Waals surface area (Å²) in [5.74, 6) is 0. The number of carbonyl (C=O) groups excluding carboxylic acids is 2. The van der Waals surface area contributed by atoms with E-state index in [-0.39, 0.29) is 6.54 Å². The number of hydrogen-bond acceptors (Lipinski definition) is 7. The molecule has 146 valence electrons. The highest BCUT2D eigenvalue weighted by atomic mass is 32.1. The van der Waals surface area contributed by atoms with Crippen LogP contribution in [-0.2, 0) is 23.1 Å². The molecule has 8 nitrogen and oxygen atoms in total. The zero-order valence-corrected chi connectivity index (χ0v) is 17.1. The van der Waals surface area contributed by atoms with Crippen LogP contribution < -0.4 is 4.80 Å². The zero-order valence-electron chi connectivity index (χ0n) is 16.3. The fourth-order valence-corrected chi connectivity index (χ4v) is 3.66. The van der Waals surface area contributed by atoms with E-state index in [9.17, 15) is 9.59 Å². The van der Waals surface area contributed by atoms with Crippen molar-refractivity contribution in [1.82, 2.24) is 19.5 Å². The van der Waals surface area contributed by atoms with Crippen LogP contribution in [0.5, 0.6) is 0 Å². The summed E-state index contributed by atoms with van der Waals surface area (Å²) >= 11 is 1.64. The molecule has 26 heavy (non-hydrogen) atoms. The molecule has 1 aliphatic rings. The molecule has 1 aromatic rings. The number of carbonyl (C=O) groups is 2. The second-order valence-corrected chi connectivity index (χ2v) is 8.09.